The average Bonchev–Trinajstić information content (AvgIpc) is 3.30. The molecule has 0 aliphatic carbocycles. The fourth-order valence-electron chi connectivity index (χ4n) is 3.29. The zero-order valence-electron chi connectivity index (χ0n) is 14.7. The highest BCUT2D eigenvalue weighted by atomic mass is 16.5. The van der Waals surface area contributed by atoms with Crippen molar-refractivity contribution in [1.29, 1.82) is 0 Å². The molecular formula is C19H20N2O5. The van der Waals surface area contributed by atoms with Crippen LogP contribution in [0, 0.1) is 0 Å². The van der Waals surface area contributed by atoms with Crippen molar-refractivity contribution in [3.05, 3.63) is 35.4 Å². The number of carbonyl (C=O) groups is 1. The van der Waals surface area contributed by atoms with Gasteiger partial charge in [0, 0.05) is 30.0 Å². The number of benzene rings is 2. The zero-order chi connectivity index (χ0) is 18.1. The van der Waals surface area contributed by atoms with E-state index in [0.717, 1.165) is 35.5 Å². The second-order valence-electron chi connectivity index (χ2n) is 6.06. The first kappa shape index (κ1) is 16.4. The minimum atomic E-state index is -0.369. The molecule has 0 spiro atoms. The van der Waals surface area contributed by atoms with Crippen molar-refractivity contribution in [2.75, 3.05) is 38.1 Å². The van der Waals surface area contributed by atoms with Crippen LogP contribution < -0.4 is 29.6 Å². The van der Waals surface area contributed by atoms with Crippen molar-refractivity contribution in [1.82, 2.24) is 0 Å². The van der Waals surface area contributed by atoms with Crippen molar-refractivity contribution >= 4 is 17.4 Å². The summed E-state index contributed by atoms with van der Waals surface area (Å²) in [4.78, 5) is 12.6. The van der Waals surface area contributed by atoms with Gasteiger partial charge in [-0.15, -0.1) is 0 Å². The molecule has 0 aromatic heterocycles. The van der Waals surface area contributed by atoms with Crippen molar-refractivity contribution in [2.45, 2.75) is 12.8 Å². The topological polar surface area (TPSA) is 78.1 Å². The predicted octanol–water partition coefficient (Wildman–Crippen LogP) is 3.22. The van der Waals surface area contributed by atoms with Gasteiger partial charge in [0.25, 0.3) is 0 Å². The number of amides is 2. The van der Waals surface area contributed by atoms with Crippen LogP contribution in [0.5, 0.6) is 23.0 Å². The number of hydrogen-bond donors (Lipinski definition) is 2. The van der Waals surface area contributed by atoms with E-state index in [1.54, 1.807) is 32.4 Å². The molecule has 4 rings (SSSR count). The molecule has 0 fully saturated rings. The first-order valence-corrected chi connectivity index (χ1v) is 8.44. The number of anilines is 2. The molecule has 0 bridgehead atoms. The van der Waals surface area contributed by atoms with Crippen LogP contribution in [-0.4, -0.2) is 33.5 Å². The van der Waals surface area contributed by atoms with Crippen LogP contribution in [-0.2, 0) is 12.8 Å². The summed E-state index contributed by atoms with van der Waals surface area (Å²) >= 11 is 0. The Kier molecular flexibility index (Phi) is 4.20. The van der Waals surface area contributed by atoms with Crippen molar-refractivity contribution in [3.63, 3.8) is 0 Å². The third-order valence-electron chi connectivity index (χ3n) is 4.55. The molecule has 2 amide bonds. The smallest absolute Gasteiger partial charge is 0.323 e. The van der Waals surface area contributed by atoms with Crippen molar-refractivity contribution in [3.8, 4) is 23.0 Å². The zero-order valence-corrected chi connectivity index (χ0v) is 14.7. The second kappa shape index (κ2) is 6.67. The van der Waals surface area contributed by atoms with Crippen LogP contribution >= 0.6 is 0 Å². The second-order valence-corrected chi connectivity index (χ2v) is 6.06. The lowest BCUT2D eigenvalue weighted by Gasteiger charge is -2.16. The molecule has 7 nitrogen and oxygen atoms in total. The monoisotopic (exact) mass is 356 g/mol. The van der Waals surface area contributed by atoms with E-state index in [2.05, 4.69) is 10.6 Å². The molecule has 0 atom stereocenters. The maximum atomic E-state index is 12.6. The van der Waals surface area contributed by atoms with E-state index >= 15 is 0 Å². The third-order valence-corrected chi connectivity index (χ3v) is 4.55. The lowest BCUT2D eigenvalue weighted by atomic mass is 10.0. The Morgan fingerprint density at radius 3 is 2.69 bits per heavy atom. The Balaban J connectivity index is 1.59. The van der Waals surface area contributed by atoms with Gasteiger partial charge in [0.1, 0.15) is 23.0 Å². The molecule has 0 saturated heterocycles. The lowest BCUT2D eigenvalue weighted by molar-refractivity contribution is 0.262. The van der Waals surface area contributed by atoms with E-state index in [1.165, 1.54) is 0 Å². The molecule has 0 radical (unpaired) electrons. The van der Waals surface area contributed by atoms with Gasteiger partial charge < -0.3 is 29.6 Å². The van der Waals surface area contributed by atoms with Crippen molar-refractivity contribution in [2.24, 2.45) is 0 Å². The number of urea groups is 1. The van der Waals surface area contributed by atoms with Crippen LogP contribution in [0.3, 0.4) is 0 Å². The molecule has 26 heavy (non-hydrogen) atoms. The molecule has 2 aromatic rings. The Bertz CT molecular complexity index is 833. The molecule has 0 saturated carbocycles. The molecule has 7 heteroatoms. The summed E-state index contributed by atoms with van der Waals surface area (Å²) in [5.41, 5.74) is 3.27. The highest BCUT2D eigenvalue weighted by Gasteiger charge is 2.27. The largest absolute Gasteiger partial charge is 0.497 e. The maximum absolute atomic E-state index is 12.6. The van der Waals surface area contributed by atoms with Gasteiger partial charge in [-0.2, -0.15) is 0 Å². The Morgan fingerprint density at radius 2 is 1.88 bits per heavy atom. The van der Waals surface area contributed by atoms with Gasteiger partial charge in [0.05, 0.1) is 38.8 Å². The van der Waals surface area contributed by atoms with E-state index in [-0.39, 0.29) is 6.03 Å². The standard InChI is InChI=1S/C19H20N2O5/c1-23-12-3-4-14(16(10-12)24-2)20-19(22)21-17-13-6-8-25-15(13)9-11-5-7-26-18(11)17/h3-4,9-10H,5-8H2,1-2H3,(H2,20,21,22). The summed E-state index contributed by atoms with van der Waals surface area (Å²) in [6.07, 6.45) is 1.56. The van der Waals surface area contributed by atoms with E-state index in [0.29, 0.717) is 36.1 Å². The van der Waals surface area contributed by atoms with Gasteiger partial charge in [-0.3, -0.25) is 0 Å². The van der Waals surface area contributed by atoms with E-state index in [4.69, 9.17) is 18.9 Å². The maximum Gasteiger partial charge on any atom is 0.323 e. The Hall–Kier alpha value is -3.09. The molecule has 0 unspecified atom stereocenters. The van der Waals surface area contributed by atoms with E-state index in [9.17, 15) is 4.79 Å². The quantitative estimate of drug-likeness (QED) is 0.879. The molecule has 136 valence electrons. The molecule has 2 N–H and O–H groups in total. The normalized spacial score (nSPS) is 13.9. The summed E-state index contributed by atoms with van der Waals surface area (Å²) in [7, 11) is 3.12. The molecule has 2 aromatic carbocycles. The summed E-state index contributed by atoms with van der Waals surface area (Å²) in [5.74, 6) is 2.73. The summed E-state index contributed by atoms with van der Waals surface area (Å²) < 4.78 is 21.9. The minimum absolute atomic E-state index is 0.369. The average molecular weight is 356 g/mol. The van der Waals surface area contributed by atoms with Gasteiger partial charge in [-0.1, -0.05) is 0 Å². The Labute approximate surface area is 151 Å². The fraction of sp³-hybridized carbons (Fsp3) is 0.316. The highest BCUT2D eigenvalue weighted by Crippen LogP contribution is 2.44. The minimum Gasteiger partial charge on any atom is -0.497 e. The number of methoxy groups -OCH3 is 2. The number of ether oxygens (including phenoxy) is 4. The van der Waals surface area contributed by atoms with Gasteiger partial charge >= 0.3 is 6.03 Å². The summed E-state index contributed by atoms with van der Waals surface area (Å²) in [5, 5.41) is 5.75. The molecule has 2 aliphatic rings. The van der Waals surface area contributed by atoms with Crippen LogP contribution in [0.4, 0.5) is 16.2 Å². The van der Waals surface area contributed by atoms with Gasteiger partial charge in [-0.05, 0) is 18.2 Å². The lowest BCUT2D eigenvalue weighted by Crippen LogP contribution is -2.21. The van der Waals surface area contributed by atoms with Gasteiger partial charge in [0.2, 0.25) is 0 Å². The first-order valence-electron chi connectivity index (χ1n) is 8.44. The van der Waals surface area contributed by atoms with E-state index < -0.39 is 0 Å². The SMILES string of the molecule is COc1ccc(NC(=O)Nc2c3c(cc4c2OCC4)OCC3)c(OC)c1. The molecule has 2 aliphatic heterocycles. The first-order chi connectivity index (χ1) is 12.7. The van der Waals surface area contributed by atoms with Gasteiger partial charge in [0.15, 0.2) is 0 Å². The molecular weight excluding hydrogens is 336 g/mol. The fourth-order valence-corrected chi connectivity index (χ4v) is 3.29. The number of carbonyl (C=O) groups excluding carboxylic acids is 1. The number of fused-ring (bicyclic) bond motifs is 2. The van der Waals surface area contributed by atoms with Crippen LogP contribution in [0.1, 0.15) is 11.1 Å². The summed E-state index contributed by atoms with van der Waals surface area (Å²) in [6.45, 7) is 1.22. The third kappa shape index (κ3) is 2.85. The predicted molar refractivity (Wildman–Crippen MR) is 97.0 cm³/mol. The van der Waals surface area contributed by atoms with Crippen LogP contribution in [0.15, 0.2) is 24.3 Å². The van der Waals surface area contributed by atoms with Crippen LogP contribution in [0.2, 0.25) is 0 Å². The summed E-state index contributed by atoms with van der Waals surface area (Å²) in [6, 6.07) is 6.85. The van der Waals surface area contributed by atoms with Crippen LogP contribution in [0.25, 0.3) is 0 Å². The molecule has 2 heterocycles. The number of rotatable bonds is 4. The highest BCUT2D eigenvalue weighted by molar-refractivity contribution is 6.02. The van der Waals surface area contributed by atoms with E-state index in [1.807, 2.05) is 6.07 Å². The van der Waals surface area contributed by atoms with Crippen molar-refractivity contribution < 1.29 is 23.7 Å². The number of hydrogen-bond acceptors (Lipinski definition) is 5. The Morgan fingerprint density at radius 1 is 1.04 bits per heavy atom. The van der Waals surface area contributed by atoms with Gasteiger partial charge in [-0.25, -0.2) is 4.79 Å². The number of nitrogens with one attached hydrogen (secondary N) is 2.